The Balaban J connectivity index is 1.87. The van der Waals surface area contributed by atoms with Crippen LogP contribution in [0.5, 0.6) is 0 Å². The van der Waals surface area contributed by atoms with Gasteiger partial charge < -0.3 is 14.2 Å². The molecule has 1 aliphatic heterocycles. The molecular weight excluding hydrogens is 280 g/mol. The van der Waals surface area contributed by atoms with Crippen molar-refractivity contribution >= 4 is 16.9 Å². The minimum absolute atomic E-state index is 0.123. The fraction of sp³-hybridized carbons (Fsp3) is 0.412. The Bertz CT molecular complexity index is 745. The van der Waals surface area contributed by atoms with Gasteiger partial charge in [0, 0.05) is 32.0 Å². The van der Waals surface area contributed by atoms with E-state index >= 15 is 0 Å². The third-order valence-electron chi connectivity index (χ3n) is 4.52. The molecule has 1 aromatic carbocycles. The Hall–Kier alpha value is -2.14. The number of rotatable bonds is 2. The summed E-state index contributed by atoms with van der Waals surface area (Å²) in [5.41, 5.74) is 0.283. The van der Waals surface area contributed by atoms with Crippen molar-refractivity contribution in [2.75, 3.05) is 27.2 Å². The van der Waals surface area contributed by atoms with Crippen molar-refractivity contribution in [3.63, 3.8) is 0 Å². The molecule has 1 N–H and O–H groups in total. The molecule has 1 amide bonds. The van der Waals surface area contributed by atoms with Gasteiger partial charge in [-0.15, -0.1) is 0 Å². The van der Waals surface area contributed by atoms with Gasteiger partial charge in [0.25, 0.3) is 5.91 Å². The van der Waals surface area contributed by atoms with E-state index in [4.69, 9.17) is 4.42 Å². The third kappa shape index (κ3) is 2.76. The average molecular weight is 301 g/mol. The molecule has 2 aromatic rings. The molecule has 1 aromatic heterocycles. The first kappa shape index (κ1) is 14.8. The molecule has 116 valence electrons. The van der Waals surface area contributed by atoms with E-state index in [0.717, 1.165) is 25.9 Å². The number of hydrogen-bond acceptors (Lipinski definition) is 3. The highest BCUT2D eigenvalue weighted by Gasteiger charge is 2.28. The summed E-state index contributed by atoms with van der Waals surface area (Å²) >= 11 is 0. The predicted molar refractivity (Wildman–Crippen MR) is 84.2 cm³/mol. The summed E-state index contributed by atoms with van der Waals surface area (Å²) < 4.78 is 5.64. The van der Waals surface area contributed by atoms with Crippen molar-refractivity contribution in [3.05, 3.63) is 46.3 Å². The van der Waals surface area contributed by atoms with Crippen LogP contribution in [0.2, 0.25) is 0 Å². The Labute approximate surface area is 129 Å². The second kappa shape index (κ2) is 5.93. The van der Waals surface area contributed by atoms with E-state index in [1.54, 1.807) is 36.2 Å². The molecule has 0 radical (unpaired) electrons. The first-order valence-electron chi connectivity index (χ1n) is 7.67. The molecule has 3 rings (SSSR count). The fourth-order valence-corrected chi connectivity index (χ4v) is 3.03. The summed E-state index contributed by atoms with van der Waals surface area (Å²) in [5, 5.41) is 0.504. The minimum atomic E-state index is -0.215. The van der Waals surface area contributed by atoms with Crippen LogP contribution >= 0.6 is 0 Å². The number of carbonyl (C=O) groups excluding carboxylic acids is 1. The number of quaternary nitrogens is 1. The number of para-hydroxylation sites is 1. The van der Waals surface area contributed by atoms with E-state index in [1.807, 2.05) is 0 Å². The van der Waals surface area contributed by atoms with Gasteiger partial charge in [-0.05, 0) is 12.1 Å². The van der Waals surface area contributed by atoms with Gasteiger partial charge in [0.2, 0.25) is 0 Å². The number of piperidine rings is 1. The predicted octanol–water partition coefficient (Wildman–Crippen LogP) is 0.542. The van der Waals surface area contributed by atoms with Crippen LogP contribution in [0.1, 0.15) is 23.4 Å². The van der Waals surface area contributed by atoms with Gasteiger partial charge in [0.15, 0.2) is 11.2 Å². The highest BCUT2D eigenvalue weighted by molar-refractivity contribution is 5.93. The molecule has 0 unspecified atom stereocenters. The van der Waals surface area contributed by atoms with Gasteiger partial charge in [-0.25, -0.2) is 0 Å². The lowest BCUT2D eigenvalue weighted by molar-refractivity contribution is -0.885. The third-order valence-corrected chi connectivity index (χ3v) is 4.52. The van der Waals surface area contributed by atoms with E-state index in [0.29, 0.717) is 11.0 Å². The Morgan fingerprint density at radius 3 is 2.68 bits per heavy atom. The Kier molecular flexibility index (Phi) is 3.98. The quantitative estimate of drug-likeness (QED) is 0.881. The van der Waals surface area contributed by atoms with Crippen LogP contribution in [0.25, 0.3) is 11.0 Å². The molecule has 1 fully saturated rings. The van der Waals surface area contributed by atoms with Crippen LogP contribution in [-0.2, 0) is 0 Å². The SMILES string of the molecule is CN(C(=O)c1cc(=O)c2ccccc2o1)C1CC[NH+](C)CC1. The van der Waals surface area contributed by atoms with E-state index in [2.05, 4.69) is 7.05 Å². The lowest BCUT2D eigenvalue weighted by Gasteiger charge is -2.32. The van der Waals surface area contributed by atoms with Crippen LogP contribution in [0, 0.1) is 0 Å². The number of likely N-dealkylation sites (tertiary alicyclic amines) is 1. The van der Waals surface area contributed by atoms with Gasteiger partial charge in [0.05, 0.1) is 25.5 Å². The molecule has 0 atom stereocenters. The highest BCUT2D eigenvalue weighted by atomic mass is 16.3. The molecule has 5 nitrogen and oxygen atoms in total. The van der Waals surface area contributed by atoms with Crippen molar-refractivity contribution in [1.82, 2.24) is 4.90 Å². The van der Waals surface area contributed by atoms with Crippen LogP contribution in [0.15, 0.2) is 39.5 Å². The van der Waals surface area contributed by atoms with Crippen LogP contribution < -0.4 is 10.3 Å². The van der Waals surface area contributed by atoms with Gasteiger partial charge in [-0.1, -0.05) is 12.1 Å². The summed E-state index contributed by atoms with van der Waals surface area (Å²) in [4.78, 5) is 27.9. The maximum Gasteiger partial charge on any atom is 0.289 e. The molecule has 0 spiro atoms. The highest BCUT2D eigenvalue weighted by Crippen LogP contribution is 2.16. The summed E-state index contributed by atoms with van der Waals surface area (Å²) in [6.45, 7) is 2.12. The standard InChI is InChI=1S/C17H20N2O3/c1-18-9-7-12(8-10-18)19(2)17(21)16-11-14(20)13-5-3-4-6-15(13)22-16/h3-6,11-12H,7-10H2,1-2H3/p+1. The monoisotopic (exact) mass is 301 g/mol. The zero-order valence-corrected chi connectivity index (χ0v) is 13.0. The van der Waals surface area contributed by atoms with Crippen molar-refractivity contribution in [1.29, 1.82) is 0 Å². The molecule has 0 saturated carbocycles. The van der Waals surface area contributed by atoms with Crippen LogP contribution in [0.4, 0.5) is 0 Å². The fourth-order valence-electron chi connectivity index (χ4n) is 3.03. The summed E-state index contributed by atoms with van der Waals surface area (Å²) in [6.07, 6.45) is 1.96. The first-order valence-corrected chi connectivity index (χ1v) is 7.67. The molecular formula is C17H21N2O3+. The second-order valence-electron chi connectivity index (χ2n) is 6.08. The first-order chi connectivity index (χ1) is 10.6. The van der Waals surface area contributed by atoms with E-state index in [1.165, 1.54) is 11.0 Å². The normalized spacial score (nSPS) is 21.7. The van der Waals surface area contributed by atoms with Crippen LogP contribution in [-0.4, -0.2) is 44.0 Å². The summed E-state index contributed by atoms with van der Waals surface area (Å²) in [6, 6.07) is 8.52. The molecule has 1 aliphatic rings. The molecule has 2 heterocycles. The van der Waals surface area contributed by atoms with Gasteiger partial charge in [-0.2, -0.15) is 0 Å². The summed E-state index contributed by atoms with van der Waals surface area (Å²) in [5.74, 6) is -0.0927. The maximum absolute atomic E-state index is 12.6. The van der Waals surface area contributed by atoms with Crippen LogP contribution in [0.3, 0.4) is 0 Å². The zero-order valence-electron chi connectivity index (χ0n) is 13.0. The van der Waals surface area contributed by atoms with Gasteiger partial charge >= 0.3 is 0 Å². The molecule has 0 bridgehead atoms. The smallest absolute Gasteiger partial charge is 0.289 e. The number of nitrogens with one attached hydrogen (secondary N) is 1. The van der Waals surface area contributed by atoms with Crippen molar-refractivity contribution in [3.8, 4) is 0 Å². The number of amides is 1. The van der Waals surface area contributed by atoms with Crippen molar-refractivity contribution in [2.24, 2.45) is 0 Å². The molecule has 1 saturated heterocycles. The second-order valence-corrected chi connectivity index (χ2v) is 6.08. The van der Waals surface area contributed by atoms with Gasteiger partial charge in [-0.3, -0.25) is 9.59 Å². The number of benzene rings is 1. The molecule has 5 heteroatoms. The Morgan fingerprint density at radius 2 is 1.95 bits per heavy atom. The summed E-state index contributed by atoms with van der Waals surface area (Å²) in [7, 11) is 3.96. The molecule has 0 aliphatic carbocycles. The van der Waals surface area contributed by atoms with E-state index in [9.17, 15) is 9.59 Å². The number of carbonyl (C=O) groups is 1. The number of fused-ring (bicyclic) bond motifs is 1. The largest absolute Gasteiger partial charge is 0.451 e. The molecule has 22 heavy (non-hydrogen) atoms. The van der Waals surface area contributed by atoms with Crippen molar-refractivity contribution < 1.29 is 14.1 Å². The van der Waals surface area contributed by atoms with Crippen molar-refractivity contribution in [2.45, 2.75) is 18.9 Å². The van der Waals surface area contributed by atoms with E-state index < -0.39 is 0 Å². The minimum Gasteiger partial charge on any atom is -0.451 e. The van der Waals surface area contributed by atoms with Gasteiger partial charge in [0.1, 0.15) is 5.58 Å². The van der Waals surface area contributed by atoms with E-state index in [-0.39, 0.29) is 23.1 Å². The Morgan fingerprint density at radius 1 is 1.27 bits per heavy atom. The number of hydrogen-bond donors (Lipinski definition) is 1. The topological polar surface area (TPSA) is 55.0 Å². The number of nitrogens with zero attached hydrogens (tertiary/aromatic N) is 1. The average Bonchev–Trinajstić information content (AvgIpc) is 2.54. The lowest BCUT2D eigenvalue weighted by Crippen LogP contribution is -3.10. The zero-order chi connectivity index (χ0) is 15.7. The lowest BCUT2D eigenvalue weighted by atomic mass is 10.0. The maximum atomic E-state index is 12.6.